The SMILES string of the molecule is Cc1ccc(S(=O)(=O)C2=NN=C3c4ccccc4-c4ccccc4C32c2ccccc2)cc1. The van der Waals surface area contributed by atoms with Crippen LogP contribution in [0.15, 0.2) is 118 Å². The van der Waals surface area contributed by atoms with Crippen LogP contribution in [0, 0.1) is 6.92 Å². The van der Waals surface area contributed by atoms with Gasteiger partial charge in [0.25, 0.3) is 0 Å². The fourth-order valence-electron chi connectivity index (χ4n) is 5.00. The molecule has 0 aromatic heterocycles. The lowest BCUT2D eigenvalue weighted by Gasteiger charge is -2.38. The van der Waals surface area contributed by atoms with Crippen LogP contribution in [0.5, 0.6) is 0 Å². The maximum absolute atomic E-state index is 14.1. The van der Waals surface area contributed by atoms with Gasteiger partial charge in [0.2, 0.25) is 9.84 Å². The summed E-state index contributed by atoms with van der Waals surface area (Å²) in [4.78, 5) is 0.218. The Bertz CT molecular complexity index is 1570. The minimum atomic E-state index is -3.94. The highest BCUT2D eigenvalue weighted by atomic mass is 32.2. The summed E-state index contributed by atoms with van der Waals surface area (Å²) in [5, 5.41) is 9.02. The van der Waals surface area contributed by atoms with Crippen molar-refractivity contribution in [3.8, 4) is 11.1 Å². The van der Waals surface area contributed by atoms with Gasteiger partial charge in [0.05, 0.1) is 10.6 Å². The van der Waals surface area contributed by atoms with Crippen molar-refractivity contribution in [2.45, 2.75) is 17.2 Å². The van der Waals surface area contributed by atoms with E-state index in [9.17, 15) is 8.42 Å². The first-order valence-electron chi connectivity index (χ1n) is 10.8. The van der Waals surface area contributed by atoms with Crippen LogP contribution < -0.4 is 0 Å². The number of fused-ring (bicyclic) bond motifs is 6. The predicted octanol–water partition coefficient (Wildman–Crippen LogP) is 5.55. The number of sulfone groups is 1. The van der Waals surface area contributed by atoms with Crippen molar-refractivity contribution in [2.24, 2.45) is 10.2 Å². The Labute approximate surface area is 192 Å². The van der Waals surface area contributed by atoms with Gasteiger partial charge in [-0.3, -0.25) is 0 Å². The van der Waals surface area contributed by atoms with E-state index in [1.165, 1.54) is 0 Å². The lowest BCUT2D eigenvalue weighted by atomic mass is 9.64. The molecule has 1 aliphatic carbocycles. The second-order valence-corrected chi connectivity index (χ2v) is 10.2. The van der Waals surface area contributed by atoms with Gasteiger partial charge in [-0.25, -0.2) is 8.42 Å². The van der Waals surface area contributed by atoms with Crippen LogP contribution in [0.25, 0.3) is 11.1 Å². The van der Waals surface area contributed by atoms with E-state index < -0.39 is 15.3 Å². The number of hydrogen-bond acceptors (Lipinski definition) is 4. The standard InChI is InChI=1S/C28H20N2O2S/c1-19-15-17-21(18-16-19)33(31,32)27-28(20-9-3-2-4-10-20)25-14-8-7-12-23(25)22-11-5-6-13-24(22)26(28)29-30-27/h2-18H,1H3. The third-order valence-corrected chi connectivity index (χ3v) is 8.30. The number of nitrogens with zero attached hydrogens (tertiary/aromatic N) is 2. The van der Waals surface area contributed by atoms with E-state index >= 15 is 0 Å². The lowest BCUT2D eigenvalue weighted by Crippen LogP contribution is -2.48. The largest absolute Gasteiger partial charge is 0.223 e. The van der Waals surface area contributed by atoms with Crippen molar-refractivity contribution in [3.63, 3.8) is 0 Å². The topological polar surface area (TPSA) is 58.9 Å². The van der Waals surface area contributed by atoms with Crippen molar-refractivity contribution in [1.29, 1.82) is 0 Å². The molecule has 0 fully saturated rings. The van der Waals surface area contributed by atoms with Crippen LogP contribution in [0.1, 0.15) is 22.3 Å². The first kappa shape index (κ1) is 19.8. The molecule has 160 valence electrons. The molecular formula is C28H20N2O2S. The summed E-state index contributed by atoms with van der Waals surface area (Å²) in [5.41, 5.74) is 5.14. The van der Waals surface area contributed by atoms with E-state index in [-0.39, 0.29) is 9.94 Å². The zero-order chi connectivity index (χ0) is 22.6. The fourth-order valence-corrected chi connectivity index (χ4v) is 6.60. The van der Waals surface area contributed by atoms with Gasteiger partial charge in [-0.2, -0.15) is 5.10 Å². The molecule has 0 N–H and O–H groups in total. The van der Waals surface area contributed by atoms with Crippen molar-refractivity contribution in [1.82, 2.24) is 0 Å². The second kappa shape index (κ2) is 7.09. The van der Waals surface area contributed by atoms with Crippen molar-refractivity contribution in [3.05, 3.63) is 125 Å². The summed E-state index contributed by atoms with van der Waals surface area (Å²) in [6.07, 6.45) is 0. The van der Waals surface area contributed by atoms with Crippen molar-refractivity contribution >= 4 is 20.6 Å². The Morgan fingerprint density at radius 3 is 1.97 bits per heavy atom. The van der Waals surface area contributed by atoms with E-state index in [4.69, 9.17) is 0 Å². The third-order valence-electron chi connectivity index (χ3n) is 6.51. The molecule has 0 amide bonds. The van der Waals surface area contributed by atoms with Crippen molar-refractivity contribution in [2.75, 3.05) is 0 Å². The summed E-state index contributed by atoms with van der Waals surface area (Å²) < 4.78 is 28.2. The smallest absolute Gasteiger partial charge is 0.217 e. The summed E-state index contributed by atoms with van der Waals surface area (Å²) in [6.45, 7) is 1.93. The molecule has 4 nitrogen and oxygen atoms in total. The molecule has 0 radical (unpaired) electrons. The van der Waals surface area contributed by atoms with Crippen LogP contribution in [0.2, 0.25) is 0 Å². The van der Waals surface area contributed by atoms with Gasteiger partial charge in [-0.15, -0.1) is 5.10 Å². The van der Waals surface area contributed by atoms with Crippen LogP contribution in [0.4, 0.5) is 0 Å². The van der Waals surface area contributed by atoms with Gasteiger partial charge in [-0.1, -0.05) is 96.6 Å². The minimum absolute atomic E-state index is 0.0435. The van der Waals surface area contributed by atoms with Gasteiger partial charge in [0.1, 0.15) is 5.41 Å². The molecule has 4 aromatic carbocycles. The van der Waals surface area contributed by atoms with Gasteiger partial charge < -0.3 is 0 Å². The Kier molecular flexibility index (Phi) is 4.26. The first-order valence-corrected chi connectivity index (χ1v) is 12.3. The highest BCUT2D eigenvalue weighted by Crippen LogP contribution is 2.51. The molecule has 0 bridgehead atoms. The third kappa shape index (κ3) is 2.66. The maximum atomic E-state index is 14.1. The lowest BCUT2D eigenvalue weighted by molar-refractivity contribution is 0.605. The Hall–Kier alpha value is -3.83. The van der Waals surface area contributed by atoms with Crippen LogP contribution in [0.3, 0.4) is 0 Å². The summed E-state index contributed by atoms with van der Waals surface area (Å²) in [6, 6.07) is 32.6. The molecule has 33 heavy (non-hydrogen) atoms. The normalized spacial score (nSPS) is 18.6. The van der Waals surface area contributed by atoms with E-state index in [2.05, 4.69) is 16.3 Å². The minimum Gasteiger partial charge on any atom is -0.217 e. The van der Waals surface area contributed by atoms with E-state index in [1.807, 2.05) is 91.9 Å². The summed E-state index contributed by atoms with van der Waals surface area (Å²) in [5.74, 6) is 0. The van der Waals surface area contributed by atoms with Gasteiger partial charge in [0, 0.05) is 5.56 Å². The molecule has 0 saturated heterocycles. The average Bonchev–Trinajstić information content (AvgIpc) is 3.28. The molecule has 1 atom stereocenters. The molecule has 2 aliphatic rings. The number of aryl methyl sites for hydroxylation is 1. The number of hydrogen-bond donors (Lipinski definition) is 0. The molecule has 0 spiro atoms. The Morgan fingerprint density at radius 1 is 0.636 bits per heavy atom. The fraction of sp³-hybridized carbons (Fsp3) is 0.0714. The van der Waals surface area contributed by atoms with Crippen LogP contribution in [-0.4, -0.2) is 19.2 Å². The van der Waals surface area contributed by atoms with E-state index in [0.29, 0.717) is 5.71 Å². The molecule has 5 heteroatoms. The van der Waals surface area contributed by atoms with Gasteiger partial charge in [0.15, 0.2) is 5.04 Å². The Morgan fingerprint density at radius 2 is 1.24 bits per heavy atom. The maximum Gasteiger partial charge on any atom is 0.223 e. The van der Waals surface area contributed by atoms with Crippen LogP contribution >= 0.6 is 0 Å². The monoisotopic (exact) mass is 448 g/mol. The predicted molar refractivity (Wildman–Crippen MR) is 131 cm³/mol. The highest BCUT2D eigenvalue weighted by molar-refractivity contribution is 8.06. The molecule has 4 aromatic rings. The first-order chi connectivity index (χ1) is 16.0. The quantitative estimate of drug-likeness (QED) is 0.404. The highest BCUT2D eigenvalue weighted by Gasteiger charge is 2.56. The van der Waals surface area contributed by atoms with Gasteiger partial charge >= 0.3 is 0 Å². The number of rotatable bonds is 2. The zero-order valence-corrected chi connectivity index (χ0v) is 18.8. The molecule has 0 saturated carbocycles. The molecule has 1 unspecified atom stereocenters. The average molecular weight is 449 g/mol. The molecule has 1 heterocycles. The summed E-state index contributed by atoms with van der Waals surface area (Å²) >= 11 is 0. The molecule has 6 rings (SSSR count). The molecule has 1 aliphatic heterocycles. The van der Waals surface area contributed by atoms with Crippen LogP contribution in [-0.2, 0) is 15.3 Å². The van der Waals surface area contributed by atoms with E-state index in [0.717, 1.165) is 33.4 Å². The summed E-state index contributed by atoms with van der Waals surface area (Å²) in [7, 11) is -3.94. The second-order valence-electron chi connectivity index (χ2n) is 8.38. The molecular weight excluding hydrogens is 428 g/mol. The van der Waals surface area contributed by atoms with E-state index in [1.54, 1.807) is 12.1 Å². The zero-order valence-electron chi connectivity index (χ0n) is 17.9. The van der Waals surface area contributed by atoms with Crippen molar-refractivity contribution < 1.29 is 8.42 Å². The Balaban J connectivity index is 1.72. The number of benzene rings is 4. The van der Waals surface area contributed by atoms with Gasteiger partial charge in [-0.05, 0) is 41.3 Å².